The van der Waals surface area contributed by atoms with E-state index < -0.39 is 17.1 Å². The molecule has 45 heavy (non-hydrogen) atoms. The van der Waals surface area contributed by atoms with Crippen molar-refractivity contribution in [1.82, 2.24) is 5.32 Å². The number of hydrogen-bond donors (Lipinski definition) is 3. The van der Waals surface area contributed by atoms with Crippen molar-refractivity contribution in [2.75, 3.05) is 31.5 Å². The molecule has 0 spiro atoms. The van der Waals surface area contributed by atoms with Crippen LogP contribution in [0.25, 0.3) is 6.08 Å². The van der Waals surface area contributed by atoms with Crippen LogP contribution in [0.15, 0.2) is 108 Å². The fourth-order valence-corrected chi connectivity index (χ4v) is 5.13. The first kappa shape index (κ1) is 32.7. The minimum Gasteiger partial charge on any atom is -0.494 e. The monoisotopic (exact) mass is 625 g/mol. The highest BCUT2D eigenvalue weighted by Gasteiger charge is 2.18. The Hall–Kier alpha value is -5.22. The average Bonchev–Trinajstić information content (AvgIpc) is 3.05. The molecule has 0 aliphatic carbocycles. The molecule has 4 aromatic rings. The minimum atomic E-state index is -0.530. The Morgan fingerprint density at radius 3 is 2.22 bits per heavy atom. The van der Waals surface area contributed by atoms with Crippen LogP contribution in [-0.2, 0) is 9.59 Å². The summed E-state index contributed by atoms with van der Waals surface area (Å²) < 4.78 is 16.2. The van der Waals surface area contributed by atoms with Gasteiger partial charge in [0.05, 0.1) is 26.1 Å². The summed E-state index contributed by atoms with van der Waals surface area (Å²) in [5.74, 6) is 0.614. The number of hydrogen-bond acceptors (Lipinski definition) is 7. The number of benzene rings is 4. The molecule has 3 amide bonds. The largest absolute Gasteiger partial charge is 0.494 e. The van der Waals surface area contributed by atoms with Crippen molar-refractivity contribution in [2.24, 2.45) is 0 Å². The predicted molar refractivity (Wildman–Crippen MR) is 178 cm³/mol. The lowest BCUT2D eigenvalue weighted by atomic mass is 10.1. The molecule has 9 nitrogen and oxygen atoms in total. The van der Waals surface area contributed by atoms with Crippen molar-refractivity contribution in [2.45, 2.75) is 24.0 Å². The highest BCUT2D eigenvalue weighted by atomic mass is 32.2. The molecule has 0 saturated heterocycles. The Balaban J connectivity index is 1.49. The van der Waals surface area contributed by atoms with Gasteiger partial charge in [-0.25, -0.2) is 0 Å². The summed E-state index contributed by atoms with van der Waals surface area (Å²) in [5, 5.41) is 8.09. The van der Waals surface area contributed by atoms with E-state index in [1.54, 1.807) is 97.1 Å². The van der Waals surface area contributed by atoms with Gasteiger partial charge < -0.3 is 30.2 Å². The Morgan fingerprint density at radius 1 is 0.800 bits per heavy atom. The molecule has 4 aromatic carbocycles. The summed E-state index contributed by atoms with van der Waals surface area (Å²) in [6, 6.07) is 28.1. The van der Waals surface area contributed by atoms with E-state index in [2.05, 4.69) is 16.0 Å². The number of ether oxygens (including phenoxy) is 3. The first-order valence-electron chi connectivity index (χ1n) is 14.2. The third kappa shape index (κ3) is 9.38. The fourth-order valence-electron chi connectivity index (χ4n) is 4.20. The predicted octanol–water partition coefficient (Wildman–Crippen LogP) is 6.63. The molecular weight excluding hydrogens is 590 g/mol. The van der Waals surface area contributed by atoms with Crippen LogP contribution in [0.5, 0.6) is 17.2 Å². The van der Waals surface area contributed by atoms with Crippen molar-refractivity contribution in [3.05, 3.63) is 114 Å². The lowest BCUT2D eigenvalue weighted by molar-refractivity contribution is -0.115. The van der Waals surface area contributed by atoms with Crippen LogP contribution in [0.4, 0.5) is 11.4 Å². The third-order valence-electron chi connectivity index (χ3n) is 6.45. The summed E-state index contributed by atoms with van der Waals surface area (Å²) in [5.41, 5.74) is 2.21. The maximum absolute atomic E-state index is 13.5. The van der Waals surface area contributed by atoms with Gasteiger partial charge in [0.1, 0.15) is 11.4 Å². The molecule has 1 atom stereocenters. The summed E-state index contributed by atoms with van der Waals surface area (Å²) >= 11 is 1.35. The molecule has 0 bridgehead atoms. The second-order valence-corrected chi connectivity index (χ2v) is 11.1. The van der Waals surface area contributed by atoms with Crippen LogP contribution >= 0.6 is 11.8 Å². The minimum absolute atomic E-state index is 0.0252. The van der Waals surface area contributed by atoms with E-state index >= 15 is 0 Å². The van der Waals surface area contributed by atoms with Crippen LogP contribution in [0.3, 0.4) is 0 Å². The third-order valence-corrected chi connectivity index (χ3v) is 7.55. The molecule has 0 aliphatic heterocycles. The maximum Gasteiger partial charge on any atom is 0.272 e. The van der Waals surface area contributed by atoms with Crippen LogP contribution in [0, 0.1) is 0 Å². The molecule has 0 aliphatic rings. The van der Waals surface area contributed by atoms with E-state index in [9.17, 15) is 14.4 Å². The number of rotatable bonds is 13. The summed E-state index contributed by atoms with van der Waals surface area (Å²) in [4.78, 5) is 40.2. The Kier molecular flexibility index (Phi) is 11.6. The van der Waals surface area contributed by atoms with Crippen molar-refractivity contribution in [1.29, 1.82) is 0 Å². The number of amides is 3. The van der Waals surface area contributed by atoms with Crippen molar-refractivity contribution in [3.8, 4) is 17.2 Å². The van der Waals surface area contributed by atoms with Crippen LogP contribution in [-0.4, -0.2) is 43.8 Å². The van der Waals surface area contributed by atoms with Crippen molar-refractivity contribution >= 4 is 46.9 Å². The number of nitrogens with one attached hydrogen (secondary N) is 3. The summed E-state index contributed by atoms with van der Waals surface area (Å²) in [6.45, 7) is 4.29. The molecule has 0 radical (unpaired) electrons. The molecule has 0 aromatic heterocycles. The Labute approximate surface area is 267 Å². The van der Waals surface area contributed by atoms with E-state index in [4.69, 9.17) is 14.2 Å². The normalized spacial score (nSPS) is 11.6. The van der Waals surface area contributed by atoms with Crippen LogP contribution < -0.4 is 30.2 Å². The van der Waals surface area contributed by atoms with Crippen LogP contribution in [0.2, 0.25) is 0 Å². The SMILES string of the molecule is CCOc1ccc(NC(=O)C(C)Sc2cccc(NC(=O)/C(=C\c3ccc(OC)c(OC)c3)NC(=O)c3ccccc3)c2)cc1. The Morgan fingerprint density at radius 2 is 1.53 bits per heavy atom. The first-order chi connectivity index (χ1) is 21.8. The average molecular weight is 626 g/mol. The molecule has 0 heterocycles. The standard InChI is InChI=1S/C35H35N3O6S/c1-5-44-28-17-15-26(16-18-28)36-33(39)23(2)45-29-13-9-12-27(22-29)37-35(41)30(38-34(40)25-10-7-6-8-11-25)20-24-14-19-31(42-3)32(21-24)43-4/h6-23H,5H2,1-4H3,(H,36,39)(H,37,41)(H,38,40)/b30-20+. The molecule has 0 fully saturated rings. The number of anilines is 2. The Bertz CT molecular complexity index is 1660. The van der Waals surface area contributed by atoms with Gasteiger partial charge in [-0.05, 0) is 92.2 Å². The second kappa shape index (κ2) is 16.0. The van der Waals surface area contributed by atoms with Gasteiger partial charge in [-0.2, -0.15) is 0 Å². The highest BCUT2D eigenvalue weighted by Crippen LogP contribution is 2.29. The highest BCUT2D eigenvalue weighted by molar-refractivity contribution is 8.00. The van der Waals surface area contributed by atoms with Crippen LogP contribution in [0.1, 0.15) is 29.8 Å². The number of carbonyl (C=O) groups is 3. The van der Waals surface area contributed by atoms with Gasteiger partial charge >= 0.3 is 0 Å². The van der Waals surface area contributed by atoms with Crippen molar-refractivity contribution in [3.63, 3.8) is 0 Å². The topological polar surface area (TPSA) is 115 Å². The maximum atomic E-state index is 13.5. The quantitative estimate of drug-likeness (QED) is 0.113. The van der Waals surface area contributed by atoms with Crippen molar-refractivity contribution < 1.29 is 28.6 Å². The molecule has 10 heteroatoms. The zero-order valence-electron chi connectivity index (χ0n) is 25.5. The summed E-state index contributed by atoms with van der Waals surface area (Å²) in [6.07, 6.45) is 1.56. The van der Waals surface area contributed by atoms with Gasteiger partial charge in [0.2, 0.25) is 5.91 Å². The fraction of sp³-hybridized carbons (Fsp3) is 0.171. The summed E-state index contributed by atoms with van der Waals surface area (Å²) in [7, 11) is 3.06. The molecule has 232 valence electrons. The molecule has 3 N–H and O–H groups in total. The van der Waals surface area contributed by atoms with Gasteiger partial charge in [0.25, 0.3) is 11.8 Å². The number of methoxy groups -OCH3 is 2. The molecule has 4 rings (SSSR count). The van der Waals surface area contributed by atoms with Gasteiger partial charge in [-0.15, -0.1) is 11.8 Å². The number of thioether (sulfide) groups is 1. The molecule has 0 saturated carbocycles. The zero-order valence-corrected chi connectivity index (χ0v) is 26.3. The molecule has 1 unspecified atom stereocenters. The first-order valence-corrected chi connectivity index (χ1v) is 15.1. The van der Waals surface area contributed by atoms with E-state index in [-0.39, 0.29) is 11.6 Å². The van der Waals surface area contributed by atoms with Gasteiger partial charge in [-0.3, -0.25) is 14.4 Å². The number of carbonyl (C=O) groups excluding carboxylic acids is 3. The lowest BCUT2D eigenvalue weighted by Gasteiger charge is -2.14. The smallest absolute Gasteiger partial charge is 0.272 e. The van der Waals surface area contributed by atoms with Gasteiger partial charge in [0, 0.05) is 21.8 Å². The van der Waals surface area contributed by atoms with Gasteiger partial charge in [0.15, 0.2) is 11.5 Å². The lowest BCUT2D eigenvalue weighted by Crippen LogP contribution is -2.30. The van der Waals surface area contributed by atoms with E-state index in [0.29, 0.717) is 40.6 Å². The van der Waals surface area contributed by atoms with E-state index in [0.717, 1.165) is 10.6 Å². The zero-order chi connectivity index (χ0) is 32.2. The molecular formula is C35H35N3O6S. The van der Waals surface area contributed by atoms with E-state index in [1.165, 1.54) is 26.0 Å². The van der Waals surface area contributed by atoms with E-state index in [1.807, 2.05) is 19.9 Å². The second-order valence-electron chi connectivity index (χ2n) is 9.68. The van der Waals surface area contributed by atoms with Gasteiger partial charge in [-0.1, -0.05) is 30.3 Å².